The van der Waals surface area contributed by atoms with Crippen molar-refractivity contribution in [2.75, 3.05) is 19.1 Å². The molecule has 0 radical (unpaired) electrons. The van der Waals surface area contributed by atoms with Gasteiger partial charge in [-0.05, 0) is 36.1 Å². The quantitative estimate of drug-likeness (QED) is 0.217. The number of aryl methyl sites for hydroxylation is 1. The summed E-state index contributed by atoms with van der Waals surface area (Å²) in [5.41, 5.74) is 2.35. The molecule has 36 heavy (non-hydrogen) atoms. The molecule has 1 atom stereocenters. The number of methoxy groups -OCH3 is 2. The number of anilines is 1. The topological polar surface area (TPSA) is 106 Å². The van der Waals surface area contributed by atoms with Gasteiger partial charge >= 0.3 is 11.9 Å². The zero-order valence-electron chi connectivity index (χ0n) is 20.6. The van der Waals surface area contributed by atoms with E-state index in [1.54, 1.807) is 31.2 Å². The van der Waals surface area contributed by atoms with Crippen LogP contribution in [0.5, 0.6) is 5.75 Å². The fourth-order valence-corrected chi connectivity index (χ4v) is 5.11. The van der Waals surface area contributed by atoms with Gasteiger partial charge in [-0.2, -0.15) is 0 Å². The first-order chi connectivity index (χ1) is 17.2. The molecule has 1 aromatic heterocycles. The number of hydrogen-bond donors (Lipinski definition) is 1. The lowest BCUT2D eigenvalue weighted by Crippen LogP contribution is -2.29. The van der Waals surface area contributed by atoms with Crippen LogP contribution in [0, 0.1) is 6.92 Å². The lowest BCUT2D eigenvalue weighted by molar-refractivity contribution is -0.132. The molecule has 9 heteroatoms. The molecule has 3 aromatic rings. The Morgan fingerprint density at radius 2 is 1.81 bits per heavy atom. The van der Waals surface area contributed by atoms with Crippen molar-refractivity contribution in [2.24, 2.45) is 0 Å². The second-order valence-corrected chi connectivity index (χ2v) is 9.60. The Kier molecular flexibility index (Phi) is 6.94. The average molecular weight is 507 g/mol. The number of benzene rings is 2. The summed E-state index contributed by atoms with van der Waals surface area (Å²) in [6.07, 6.45) is 0. The molecule has 0 unspecified atom stereocenters. The fraction of sp³-hybridized carbons (Fsp3) is 0.259. The number of Topliss-reactive ketones (excluding diaryl/α,β-unsaturated/α-hetero) is 1. The van der Waals surface area contributed by atoms with E-state index >= 15 is 0 Å². The number of amides is 1. The Bertz CT molecular complexity index is 1370. The Morgan fingerprint density at radius 1 is 1.11 bits per heavy atom. The standard InChI is InChI=1S/C27H26N2O6S/c1-14(2)16-9-11-17(12-10-16)21-20(22(30)18-7-6-8-19(13-18)34-4)23(31)25(32)29(21)27-28-15(3)24(36-27)26(33)35-5/h6-14,21,30H,1-5H3/t21-/m1/s1. The van der Waals surface area contributed by atoms with E-state index in [0.29, 0.717) is 22.6 Å². The van der Waals surface area contributed by atoms with E-state index in [1.807, 2.05) is 24.3 Å². The fourth-order valence-electron chi connectivity index (χ4n) is 4.10. The molecule has 0 saturated carbocycles. The molecule has 2 heterocycles. The van der Waals surface area contributed by atoms with E-state index in [-0.39, 0.29) is 27.3 Å². The third-order valence-electron chi connectivity index (χ3n) is 6.07. The Balaban J connectivity index is 1.93. The maximum Gasteiger partial charge on any atom is 0.350 e. The molecule has 0 spiro atoms. The number of carbonyl (C=O) groups excluding carboxylic acids is 3. The number of aromatic nitrogens is 1. The van der Waals surface area contributed by atoms with E-state index in [4.69, 9.17) is 9.47 Å². The third kappa shape index (κ3) is 4.37. The van der Waals surface area contributed by atoms with E-state index in [9.17, 15) is 19.5 Å². The molecule has 0 aliphatic carbocycles. The molecular formula is C27H26N2O6S. The highest BCUT2D eigenvalue weighted by atomic mass is 32.1. The van der Waals surface area contributed by atoms with E-state index in [2.05, 4.69) is 18.8 Å². The maximum absolute atomic E-state index is 13.4. The normalized spacial score (nSPS) is 17.1. The summed E-state index contributed by atoms with van der Waals surface area (Å²) in [5, 5.41) is 11.5. The minimum Gasteiger partial charge on any atom is -0.507 e. The molecule has 186 valence electrons. The lowest BCUT2D eigenvalue weighted by atomic mass is 9.93. The molecule has 2 aromatic carbocycles. The van der Waals surface area contributed by atoms with Crippen molar-refractivity contribution in [3.63, 3.8) is 0 Å². The first-order valence-corrected chi connectivity index (χ1v) is 12.1. The van der Waals surface area contributed by atoms with Crippen LogP contribution in [0.1, 0.15) is 57.9 Å². The summed E-state index contributed by atoms with van der Waals surface area (Å²) in [6.45, 7) is 5.76. The SMILES string of the molecule is COC(=O)c1sc(N2C(=O)C(=O)C(=C(O)c3cccc(OC)c3)[C@H]2c2ccc(C(C)C)cc2)nc1C. The molecule has 0 bridgehead atoms. The molecule has 1 saturated heterocycles. The summed E-state index contributed by atoms with van der Waals surface area (Å²) in [4.78, 5) is 44.8. The van der Waals surface area contributed by atoms with Crippen molar-refractivity contribution < 1.29 is 29.0 Å². The van der Waals surface area contributed by atoms with Crippen LogP contribution in [0.15, 0.2) is 54.1 Å². The number of esters is 1. The predicted molar refractivity (Wildman–Crippen MR) is 136 cm³/mol. The largest absolute Gasteiger partial charge is 0.507 e. The molecule has 4 rings (SSSR count). The monoisotopic (exact) mass is 506 g/mol. The van der Waals surface area contributed by atoms with Crippen molar-refractivity contribution in [3.05, 3.63) is 81.4 Å². The van der Waals surface area contributed by atoms with Gasteiger partial charge in [-0.15, -0.1) is 0 Å². The van der Waals surface area contributed by atoms with Crippen molar-refractivity contribution in [1.29, 1.82) is 0 Å². The number of nitrogens with zero attached hydrogens (tertiary/aromatic N) is 2. The Hall–Kier alpha value is -3.98. The summed E-state index contributed by atoms with van der Waals surface area (Å²) < 4.78 is 10.1. The summed E-state index contributed by atoms with van der Waals surface area (Å²) in [5.74, 6) is -1.82. The van der Waals surface area contributed by atoms with Gasteiger partial charge in [0.25, 0.3) is 5.78 Å². The summed E-state index contributed by atoms with van der Waals surface area (Å²) in [7, 11) is 2.76. The van der Waals surface area contributed by atoms with Crippen LogP contribution in [-0.4, -0.2) is 42.0 Å². The maximum atomic E-state index is 13.4. The van der Waals surface area contributed by atoms with E-state index in [1.165, 1.54) is 19.1 Å². The van der Waals surface area contributed by atoms with Gasteiger partial charge in [-0.25, -0.2) is 9.78 Å². The molecule has 1 aliphatic heterocycles. The van der Waals surface area contributed by atoms with Crippen LogP contribution in [0.4, 0.5) is 5.13 Å². The van der Waals surface area contributed by atoms with Gasteiger partial charge in [0.2, 0.25) is 0 Å². The second kappa shape index (κ2) is 9.94. The number of rotatable bonds is 6. The van der Waals surface area contributed by atoms with Crippen LogP contribution in [0.2, 0.25) is 0 Å². The number of ketones is 1. The van der Waals surface area contributed by atoms with Gasteiger partial charge in [0, 0.05) is 5.56 Å². The highest BCUT2D eigenvalue weighted by Gasteiger charge is 2.48. The van der Waals surface area contributed by atoms with Crippen LogP contribution >= 0.6 is 11.3 Å². The number of ether oxygens (including phenoxy) is 2. The van der Waals surface area contributed by atoms with E-state index < -0.39 is 23.7 Å². The molecular weight excluding hydrogens is 480 g/mol. The zero-order valence-corrected chi connectivity index (χ0v) is 21.4. The molecule has 8 nitrogen and oxygen atoms in total. The minimum atomic E-state index is -0.950. The number of hydrogen-bond acceptors (Lipinski definition) is 8. The first kappa shape index (κ1) is 25.1. The van der Waals surface area contributed by atoms with Gasteiger partial charge in [0.15, 0.2) is 5.13 Å². The van der Waals surface area contributed by atoms with Gasteiger partial charge in [-0.3, -0.25) is 14.5 Å². The predicted octanol–water partition coefficient (Wildman–Crippen LogP) is 5.00. The smallest absolute Gasteiger partial charge is 0.350 e. The first-order valence-electron chi connectivity index (χ1n) is 11.3. The van der Waals surface area contributed by atoms with Crippen molar-refractivity contribution >= 4 is 39.9 Å². The third-order valence-corrected chi connectivity index (χ3v) is 7.21. The van der Waals surface area contributed by atoms with Crippen LogP contribution in [-0.2, 0) is 14.3 Å². The Labute approximate surface area is 212 Å². The average Bonchev–Trinajstić information content (AvgIpc) is 3.39. The number of thiazole rings is 1. The van der Waals surface area contributed by atoms with Crippen LogP contribution in [0.25, 0.3) is 5.76 Å². The lowest BCUT2D eigenvalue weighted by Gasteiger charge is -2.23. The summed E-state index contributed by atoms with van der Waals surface area (Å²) in [6, 6.07) is 13.2. The molecule has 1 aliphatic rings. The second-order valence-electron chi connectivity index (χ2n) is 8.62. The van der Waals surface area contributed by atoms with Crippen LogP contribution < -0.4 is 9.64 Å². The Morgan fingerprint density at radius 3 is 2.42 bits per heavy atom. The van der Waals surface area contributed by atoms with Crippen molar-refractivity contribution in [1.82, 2.24) is 4.98 Å². The summed E-state index contributed by atoms with van der Waals surface area (Å²) >= 11 is 0.960. The van der Waals surface area contributed by atoms with Gasteiger partial charge in [0.1, 0.15) is 16.4 Å². The highest BCUT2D eigenvalue weighted by Crippen LogP contribution is 2.44. The number of aliphatic hydroxyl groups excluding tert-OH is 1. The molecule has 1 fully saturated rings. The number of aliphatic hydroxyl groups is 1. The van der Waals surface area contributed by atoms with Gasteiger partial charge in [-0.1, -0.05) is 61.6 Å². The van der Waals surface area contributed by atoms with Gasteiger partial charge < -0.3 is 14.6 Å². The number of carbonyl (C=O) groups is 3. The van der Waals surface area contributed by atoms with Crippen LogP contribution in [0.3, 0.4) is 0 Å². The van der Waals surface area contributed by atoms with Gasteiger partial charge in [0.05, 0.1) is 31.5 Å². The molecule has 1 N–H and O–H groups in total. The van der Waals surface area contributed by atoms with Crippen molar-refractivity contribution in [2.45, 2.75) is 32.7 Å². The van der Waals surface area contributed by atoms with Crippen molar-refractivity contribution in [3.8, 4) is 5.75 Å². The highest BCUT2D eigenvalue weighted by molar-refractivity contribution is 7.17. The van der Waals surface area contributed by atoms with E-state index in [0.717, 1.165) is 16.9 Å². The molecule has 1 amide bonds. The zero-order chi connectivity index (χ0) is 26.1. The minimum absolute atomic E-state index is 0.0713.